The van der Waals surface area contributed by atoms with Gasteiger partial charge in [-0.3, -0.25) is 14.6 Å². The van der Waals surface area contributed by atoms with Crippen LogP contribution in [0, 0.1) is 11.8 Å². The van der Waals surface area contributed by atoms with Crippen molar-refractivity contribution in [2.75, 3.05) is 11.4 Å². The lowest BCUT2D eigenvalue weighted by atomic mass is 9.93. The fourth-order valence-corrected chi connectivity index (χ4v) is 3.79. The van der Waals surface area contributed by atoms with Crippen LogP contribution < -0.4 is 4.90 Å². The molecule has 0 aromatic heterocycles. The van der Waals surface area contributed by atoms with Crippen LogP contribution in [-0.2, 0) is 11.2 Å². The zero-order chi connectivity index (χ0) is 19.4. The van der Waals surface area contributed by atoms with Crippen LogP contribution in [0.15, 0.2) is 60.7 Å². The minimum Gasteiger partial charge on any atom is -0.294 e. The Bertz CT molecular complexity index is 773. The van der Waals surface area contributed by atoms with E-state index in [1.807, 2.05) is 67.6 Å². The molecule has 1 fully saturated rings. The highest BCUT2D eigenvalue weighted by Crippen LogP contribution is 2.28. The molecule has 0 bridgehead atoms. The lowest BCUT2D eigenvalue weighted by Crippen LogP contribution is -2.59. The van der Waals surface area contributed by atoms with E-state index in [0.717, 1.165) is 17.7 Å². The van der Waals surface area contributed by atoms with Gasteiger partial charge in [0, 0.05) is 24.2 Å². The summed E-state index contributed by atoms with van der Waals surface area (Å²) < 4.78 is 0. The number of hydrogen-bond donors (Lipinski definition) is 0. The number of rotatable bonds is 5. The van der Waals surface area contributed by atoms with E-state index < -0.39 is 0 Å². The van der Waals surface area contributed by atoms with Crippen LogP contribution in [0.5, 0.6) is 0 Å². The minimum atomic E-state index is -0.242. The first-order valence-corrected chi connectivity index (χ1v) is 9.72. The van der Waals surface area contributed by atoms with Crippen molar-refractivity contribution in [3.8, 4) is 0 Å². The summed E-state index contributed by atoms with van der Waals surface area (Å²) in [6.45, 7) is 6.72. The predicted octanol–water partition coefficient (Wildman–Crippen LogP) is 4.75. The van der Waals surface area contributed by atoms with Crippen LogP contribution in [-0.4, -0.2) is 29.4 Å². The number of para-hydroxylation sites is 1. The van der Waals surface area contributed by atoms with Crippen molar-refractivity contribution in [2.24, 2.45) is 11.8 Å². The van der Waals surface area contributed by atoms with Gasteiger partial charge < -0.3 is 0 Å². The highest BCUT2D eigenvalue weighted by atomic mass is 16.2. The van der Waals surface area contributed by atoms with Crippen LogP contribution in [0.3, 0.4) is 0 Å². The Balaban J connectivity index is 1.83. The predicted molar refractivity (Wildman–Crippen MR) is 109 cm³/mol. The molecule has 1 aliphatic heterocycles. The molecule has 1 aliphatic rings. The first kappa shape index (κ1) is 19.2. The number of amides is 3. The topological polar surface area (TPSA) is 40.6 Å². The van der Waals surface area contributed by atoms with Crippen molar-refractivity contribution in [3.05, 3.63) is 66.2 Å². The van der Waals surface area contributed by atoms with Crippen molar-refractivity contribution in [2.45, 2.75) is 39.7 Å². The number of benzene rings is 2. The third-order valence-corrected chi connectivity index (χ3v) is 5.30. The quantitative estimate of drug-likeness (QED) is 0.768. The Kier molecular flexibility index (Phi) is 5.94. The Morgan fingerprint density at radius 2 is 1.59 bits per heavy atom. The summed E-state index contributed by atoms with van der Waals surface area (Å²) in [5.74, 6) is -0.0868. The lowest BCUT2D eigenvalue weighted by molar-refractivity contribution is -0.135. The van der Waals surface area contributed by atoms with E-state index in [4.69, 9.17) is 0 Å². The highest BCUT2D eigenvalue weighted by Gasteiger charge is 2.40. The number of carbonyl (C=O) groups is 2. The number of anilines is 1. The fraction of sp³-hybridized carbons (Fsp3) is 0.391. The molecule has 27 heavy (non-hydrogen) atoms. The van der Waals surface area contributed by atoms with E-state index in [-0.39, 0.29) is 29.8 Å². The zero-order valence-electron chi connectivity index (χ0n) is 16.3. The molecule has 2 aromatic carbocycles. The maximum absolute atomic E-state index is 13.3. The molecular weight excluding hydrogens is 336 g/mol. The van der Waals surface area contributed by atoms with Crippen LogP contribution in [0.1, 0.15) is 32.8 Å². The molecule has 3 rings (SSSR count). The van der Waals surface area contributed by atoms with Gasteiger partial charge >= 0.3 is 6.03 Å². The van der Waals surface area contributed by atoms with Crippen molar-refractivity contribution in [1.82, 2.24) is 4.90 Å². The summed E-state index contributed by atoms with van der Waals surface area (Å²) in [4.78, 5) is 29.8. The summed E-state index contributed by atoms with van der Waals surface area (Å²) in [5.41, 5.74) is 1.96. The summed E-state index contributed by atoms with van der Waals surface area (Å²) in [6.07, 6.45) is 1.43. The van der Waals surface area contributed by atoms with Gasteiger partial charge in [0.25, 0.3) is 0 Å². The first-order valence-electron chi connectivity index (χ1n) is 9.72. The van der Waals surface area contributed by atoms with E-state index in [1.165, 1.54) is 4.90 Å². The Hall–Kier alpha value is -2.62. The van der Waals surface area contributed by atoms with Gasteiger partial charge in [0.2, 0.25) is 5.91 Å². The van der Waals surface area contributed by atoms with Gasteiger partial charge in [-0.2, -0.15) is 0 Å². The van der Waals surface area contributed by atoms with Crippen LogP contribution >= 0.6 is 0 Å². The van der Waals surface area contributed by atoms with Crippen LogP contribution in [0.2, 0.25) is 0 Å². The number of nitrogens with zero attached hydrogens (tertiary/aromatic N) is 2. The molecule has 0 spiro atoms. The molecule has 3 amide bonds. The Morgan fingerprint density at radius 1 is 1.00 bits per heavy atom. The molecule has 1 saturated heterocycles. The van der Waals surface area contributed by atoms with E-state index in [2.05, 4.69) is 13.8 Å². The maximum Gasteiger partial charge on any atom is 0.331 e. The van der Waals surface area contributed by atoms with Gasteiger partial charge in [-0.05, 0) is 36.5 Å². The summed E-state index contributed by atoms with van der Waals surface area (Å²) in [6, 6.07) is 19.3. The van der Waals surface area contributed by atoms with Gasteiger partial charge in [0.1, 0.15) is 0 Å². The molecule has 4 heteroatoms. The van der Waals surface area contributed by atoms with Gasteiger partial charge in [-0.15, -0.1) is 0 Å². The van der Waals surface area contributed by atoms with Gasteiger partial charge in [-0.1, -0.05) is 69.3 Å². The zero-order valence-corrected chi connectivity index (χ0v) is 16.3. The van der Waals surface area contributed by atoms with E-state index in [1.54, 1.807) is 4.90 Å². The number of hydrogen-bond acceptors (Lipinski definition) is 2. The molecule has 0 saturated carbocycles. The normalized spacial score (nSPS) is 18.7. The van der Waals surface area contributed by atoms with Crippen molar-refractivity contribution in [1.29, 1.82) is 0 Å². The summed E-state index contributed by atoms with van der Waals surface area (Å²) in [7, 11) is 0. The Morgan fingerprint density at radius 3 is 2.19 bits per heavy atom. The molecule has 1 heterocycles. The Labute approximate surface area is 161 Å². The number of carbonyl (C=O) groups excluding carboxylic acids is 2. The van der Waals surface area contributed by atoms with E-state index >= 15 is 0 Å². The van der Waals surface area contributed by atoms with E-state index in [0.29, 0.717) is 13.0 Å². The van der Waals surface area contributed by atoms with Crippen molar-refractivity contribution < 1.29 is 9.59 Å². The number of urea groups is 1. The lowest BCUT2D eigenvalue weighted by Gasteiger charge is -2.43. The third kappa shape index (κ3) is 4.21. The molecule has 0 radical (unpaired) electrons. The van der Waals surface area contributed by atoms with Crippen molar-refractivity contribution >= 4 is 17.6 Å². The fourth-order valence-electron chi connectivity index (χ4n) is 3.79. The van der Waals surface area contributed by atoms with Gasteiger partial charge in [0.15, 0.2) is 0 Å². The van der Waals surface area contributed by atoms with Crippen LogP contribution in [0.4, 0.5) is 10.5 Å². The van der Waals surface area contributed by atoms with Gasteiger partial charge in [0.05, 0.1) is 0 Å². The standard InChI is InChI=1S/C23H28N2O2/c1-17(2)21-14-15-24(20-12-8-5-9-13-20)23(27)25(21)22(26)18(3)16-19-10-6-4-7-11-19/h4-13,17-18,21H,14-16H2,1-3H3/t18-,21-/m0/s1. The summed E-state index contributed by atoms with van der Waals surface area (Å²) >= 11 is 0. The average Bonchev–Trinajstić information content (AvgIpc) is 2.68. The second-order valence-electron chi connectivity index (χ2n) is 7.67. The molecule has 2 aromatic rings. The van der Waals surface area contributed by atoms with Crippen molar-refractivity contribution in [3.63, 3.8) is 0 Å². The molecular formula is C23H28N2O2. The van der Waals surface area contributed by atoms with Crippen LogP contribution in [0.25, 0.3) is 0 Å². The maximum atomic E-state index is 13.3. The second kappa shape index (κ2) is 8.38. The second-order valence-corrected chi connectivity index (χ2v) is 7.67. The third-order valence-electron chi connectivity index (χ3n) is 5.30. The monoisotopic (exact) mass is 364 g/mol. The average molecular weight is 364 g/mol. The largest absolute Gasteiger partial charge is 0.331 e. The molecule has 2 atom stereocenters. The number of imide groups is 1. The molecule has 142 valence electrons. The minimum absolute atomic E-state index is 0.0526. The molecule has 4 nitrogen and oxygen atoms in total. The summed E-state index contributed by atoms with van der Waals surface area (Å²) in [5, 5.41) is 0. The smallest absolute Gasteiger partial charge is 0.294 e. The van der Waals surface area contributed by atoms with Gasteiger partial charge in [-0.25, -0.2) is 4.79 Å². The van der Waals surface area contributed by atoms with E-state index in [9.17, 15) is 9.59 Å². The molecule has 0 unspecified atom stereocenters. The highest BCUT2D eigenvalue weighted by molar-refractivity contribution is 6.04. The SMILES string of the molecule is CC(C)[C@@H]1CCN(c2ccccc2)C(=O)N1C(=O)[C@@H](C)Cc1ccccc1. The molecule has 0 N–H and O–H groups in total. The molecule has 0 aliphatic carbocycles. The first-order chi connectivity index (χ1) is 13.0.